The molecule has 0 radical (unpaired) electrons. The molecule has 0 aromatic heterocycles. The summed E-state index contributed by atoms with van der Waals surface area (Å²) in [4.78, 5) is 0. The summed E-state index contributed by atoms with van der Waals surface area (Å²) >= 11 is 5.53. The molecule has 1 aromatic rings. The summed E-state index contributed by atoms with van der Waals surface area (Å²) in [7, 11) is 0. The zero-order valence-corrected chi connectivity index (χ0v) is 7.35. The molecule has 0 amide bonds. The van der Waals surface area contributed by atoms with Crippen LogP contribution in [-0.2, 0) is 5.88 Å². The Morgan fingerprint density at radius 2 is 1.67 bits per heavy atom. The van der Waals surface area contributed by atoms with E-state index in [0.29, 0.717) is 5.88 Å². The summed E-state index contributed by atoms with van der Waals surface area (Å²) in [6, 6.07) is 9.96. The van der Waals surface area contributed by atoms with Gasteiger partial charge in [-0.2, -0.15) is 9.90 Å². The largest absolute Gasteiger partial charge is 0.153 e. The lowest BCUT2D eigenvalue weighted by molar-refractivity contribution is 1.41. The van der Waals surface area contributed by atoms with Gasteiger partial charge in [-0.25, -0.2) is 0 Å². The van der Waals surface area contributed by atoms with E-state index in [1.165, 1.54) is 5.56 Å². The van der Waals surface area contributed by atoms with Crippen LogP contribution in [0.4, 0.5) is 0 Å². The maximum atomic E-state index is 5.53. The molecule has 9 heavy (non-hydrogen) atoms. The van der Waals surface area contributed by atoms with Crippen molar-refractivity contribution in [2.24, 2.45) is 0 Å². The Balaban J connectivity index is 0.000000640. The van der Waals surface area contributed by atoms with Gasteiger partial charge in [0.25, 0.3) is 0 Å². The van der Waals surface area contributed by atoms with E-state index in [-0.39, 0.29) is 9.90 Å². The second-order valence-electron chi connectivity index (χ2n) is 1.62. The van der Waals surface area contributed by atoms with Crippen LogP contribution < -0.4 is 0 Å². The Labute approximate surface area is 63.9 Å². The van der Waals surface area contributed by atoms with Crippen molar-refractivity contribution in [3.63, 3.8) is 0 Å². The molecular weight excluding hydrogens is 151 g/mol. The van der Waals surface area contributed by atoms with Gasteiger partial charge in [-0.1, -0.05) is 30.3 Å². The summed E-state index contributed by atoms with van der Waals surface area (Å²) in [6.07, 6.45) is 0. The molecule has 0 fully saturated rings. The van der Waals surface area contributed by atoms with E-state index in [1.807, 2.05) is 30.3 Å². The second kappa shape index (κ2) is 4.78. The first kappa shape index (κ1) is 8.94. The highest BCUT2D eigenvalue weighted by Gasteiger charge is 1.81. The number of hydrogen-bond acceptors (Lipinski definition) is 0. The number of benzene rings is 1. The Morgan fingerprint density at radius 1 is 1.11 bits per heavy atom. The van der Waals surface area contributed by atoms with Crippen LogP contribution in [-0.4, -0.2) is 0 Å². The van der Waals surface area contributed by atoms with Gasteiger partial charge < -0.3 is 0 Å². The molecule has 0 aliphatic carbocycles. The molecule has 50 valence electrons. The van der Waals surface area contributed by atoms with Crippen LogP contribution in [0, 0.1) is 0 Å². The zero-order valence-electron chi connectivity index (χ0n) is 5.18. The molecule has 0 bridgehead atoms. The van der Waals surface area contributed by atoms with Crippen molar-refractivity contribution >= 4 is 21.5 Å². The van der Waals surface area contributed by atoms with E-state index in [2.05, 4.69) is 0 Å². The maximum Gasteiger partial charge on any atom is 0.0474 e. The fourth-order valence-corrected chi connectivity index (χ4v) is 0.745. The number of rotatable bonds is 1. The van der Waals surface area contributed by atoms with Crippen LogP contribution in [0.15, 0.2) is 30.3 Å². The molecule has 1 atom stereocenters. The molecule has 0 aliphatic rings. The quantitative estimate of drug-likeness (QED) is 0.438. The van der Waals surface area contributed by atoms with Gasteiger partial charge in [0.05, 0.1) is 0 Å². The third-order valence-corrected chi connectivity index (χ3v) is 1.31. The summed E-state index contributed by atoms with van der Waals surface area (Å²) in [5.74, 6) is 0.612. The van der Waals surface area contributed by atoms with Crippen molar-refractivity contribution in [1.29, 1.82) is 0 Å². The molecule has 0 aliphatic heterocycles. The smallest absolute Gasteiger partial charge is 0.0474 e. The summed E-state index contributed by atoms with van der Waals surface area (Å²) < 4.78 is 0. The highest BCUT2D eigenvalue weighted by molar-refractivity contribution is 6.92. The fraction of sp³-hybridized carbons (Fsp3) is 0.143. The van der Waals surface area contributed by atoms with Gasteiger partial charge in [-0.3, -0.25) is 0 Å². The molecule has 0 saturated heterocycles. The average Bonchev–Trinajstić information content (AvgIpc) is 1.90. The predicted octanol–water partition coefficient (Wildman–Crippen LogP) is 2.48. The van der Waals surface area contributed by atoms with Gasteiger partial charge in [0.2, 0.25) is 0 Å². The first-order valence-corrected chi connectivity index (χ1v) is 3.07. The van der Waals surface area contributed by atoms with Crippen LogP contribution in [0.2, 0.25) is 0 Å². The van der Waals surface area contributed by atoms with Gasteiger partial charge in [0, 0.05) is 5.88 Å². The van der Waals surface area contributed by atoms with Crippen LogP contribution in [0.5, 0.6) is 0 Å². The van der Waals surface area contributed by atoms with Crippen molar-refractivity contribution < 1.29 is 0 Å². The van der Waals surface area contributed by atoms with Crippen molar-refractivity contribution in [2.75, 3.05) is 0 Å². The van der Waals surface area contributed by atoms with E-state index in [9.17, 15) is 0 Å². The predicted molar refractivity (Wildman–Crippen MR) is 47.1 cm³/mol. The molecule has 0 nitrogen and oxygen atoms in total. The third kappa shape index (κ3) is 2.84. The van der Waals surface area contributed by atoms with Crippen molar-refractivity contribution in [3.05, 3.63) is 35.9 Å². The number of halogens is 1. The highest BCUT2D eigenvalue weighted by Crippen LogP contribution is 2.00. The van der Waals surface area contributed by atoms with Gasteiger partial charge in [0.1, 0.15) is 0 Å². The summed E-state index contributed by atoms with van der Waals surface area (Å²) in [5.41, 5.74) is 1.18. The van der Waals surface area contributed by atoms with Crippen molar-refractivity contribution in [1.82, 2.24) is 0 Å². The Bertz CT molecular complexity index is 150. The Morgan fingerprint density at radius 3 is 2.00 bits per heavy atom. The highest BCUT2D eigenvalue weighted by atomic mass is 35.5. The van der Waals surface area contributed by atoms with Crippen LogP contribution in [0.1, 0.15) is 5.56 Å². The van der Waals surface area contributed by atoms with Crippen LogP contribution in [0.25, 0.3) is 0 Å². The molecule has 1 rings (SSSR count). The fourth-order valence-electron chi connectivity index (χ4n) is 0.567. The second-order valence-corrected chi connectivity index (χ2v) is 1.89. The lowest BCUT2D eigenvalue weighted by atomic mass is 10.2. The average molecular weight is 161 g/mol. The van der Waals surface area contributed by atoms with Crippen molar-refractivity contribution in [3.8, 4) is 0 Å². The Kier molecular flexibility index (Phi) is 4.75. The molecular formula is C7H10ClP. The minimum Gasteiger partial charge on any atom is -0.153 e. The maximum absolute atomic E-state index is 5.53. The van der Waals surface area contributed by atoms with Gasteiger partial charge >= 0.3 is 0 Å². The Hall–Kier alpha value is -0.0600. The van der Waals surface area contributed by atoms with Crippen molar-refractivity contribution in [2.45, 2.75) is 5.88 Å². The van der Waals surface area contributed by atoms with Gasteiger partial charge in [0.15, 0.2) is 0 Å². The monoisotopic (exact) mass is 160 g/mol. The van der Waals surface area contributed by atoms with E-state index in [4.69, 9.17) is 11.6 Å². The molecule has 0 spiro atoms. The van der Waals surface area contributed by atoms with Crippen LogP contribution in [0.3, 0.4) is 0 Å². The topological polar surface area (TPSA) is 0 Å². The zero-order chi connectivity index (χ0) is 5.82. The minimum absolute atomic E-state index is 0. The number of alkyl halides is 1. The van der Waals surface area contributed by atoms with Gasteiger partial charge in [-0.15, -0.1) is 11.6 Å². The van der Waals surface area contributed by atoms with E-state index < -0.39 is 0 Å². The first-order chi connectivity index (χ1) is 3.93. The summed E-state index contributed by atoms with van der Waals surface area (Å²) in [6.45, 7) is 0. The first-order valence-electron chi connectivity index (χ1n) is 2.53. The SMILES string of the molecule is ClCc1ccccc1.P. The molecule has 0 saturated carbocycles. The lowest BCUT2D eigenvalue weighted by Gasteiger charge is -1.88. The van der Waals surface area contributed by atoms with E-state index in [0.717, 1.165) is 0 Å². The third-order valence-electron chi connectivity index (χ3n) is 0.997. The summed E-state index contributed by atoms with van der Waals surface area (Å²) in [5, 5.41) is 0. The normalized spacial score (nSPS) is 8.11. The molecule has 1 unspecified atom stereocenters. The minimum atomic E-state index is 0. The number of hydrogen-bond donors (Lipinski definition) is 0. The van der Waals surface area contributed by atoms with E-state index in [1.54, 1.807) is 0 Å². The standard InChI is InChI=1S/C7H7Cl.H3P/c8-6-7-4-2-1-3-5-7;/h1-5H,6H2;1H3. The lowest BCUT2D eigenvalue weighted by Crippen LogP contribution is -1.71. The van der Waals surface area contributed by atoms with Gasteiger partial charge in [-0.05, 0) is 5.56 Å². The molecule has 0 heterocycles. The van der Waals surface area contributed by atoms with E-state index >= 15 is 0 Å². The van der Waals surface area contributed by atoms with Crippen LogP contribution >= 0.6 is 21.5 Å². The molecule has 0 N–H and O–H groups in total. The molecule has 1 aromatic carbocycles. The molecule has 2 heteroatoms.